The van der Waals surface area contributed by atoms with Crippen LogP contribution in [0.5, 0.6) is 0 Å². The normalized spacial score (nSPS) is 21.3. The number of carbonyl (C=O) groups is 1. The van der Waals surface area contributed by atoms with E-state index in [0.29, 0.717) is 19.5 Å². The van der Waals surface area contributed by atoms with Crippen LogP contribution in [0.25, 0.3) is 0 Å². The molecule has 1 aliphatic rings. The van der Waals surface area contributed by atoms with Gasteiger partial charge in [-0.15, -0.1) is 0 Å². The van der Waals surface area contributed by atoms with E-state index in [1.54, 1.807) is 0 Å². The fourth-order valence-electron chi connectivity index (χ4n) is 2.49. The number of rotatable bonds is 3. The molecule has 1 fully saturated rings. The van der Waals surface area contributed by atoms with Crippen molar-refractivity contribution in [2.24, 2.45) is 5.92 Å². The maximum Gasteiger partial charge on any atom is 0.416 e. The van der Waals surface area contributed by atoms with Gasteiger partial charge in [0.05, 0.1) is 11.5 Å². The molecule has 0 amide bonds. The molecular weight excluding hydrogens is 259 g/mol. The van der Waals surface area contributed by atoms with E-state index in [2.05, 4.69) is 5.32 Å². The summed E-state index contributed by atoms with van der Waals surface area (Å²) in [6.07, 6.45) is -3.79. The Morgan fingerprint density at radius 2 is 2.16 bits per heavy atom. The van der Waals surface area contributed by atoms with Gasteiger partial charge in [0.15, 0.2) is 0 Å². The van der Waals surface area contributed by atoms with E-state index in [1.165, 1.54) is 12.1 Å². The van der Waals surface area contributed by atoms with Crippen LogP contribution in [0.4, 0.5) is 13.2 Å². The first-order valence-corrected chi connectivity index (χ1v) is 6.00. The third kappa shape index (κ3) is 3.07. The monoisotopic (exact) mass is 273 g/mol. The predicted molar refractivity (Wildman–Crippen MR) is 62.8 cm³/mol. The lowest BCUT2D eigenvalue weighted by Crippen LogP contribution is -2.24. The molecule has 0 bridgehead atoms. The average Bonchev–Trinajstić information content (AvgIpc) is 2.81. The molecule has 1 saturated heterocycles. The predicted octanol–water partition coefficient (Wildman–Crippen LogP) is 2.48. The number of carboxylic acid groups (broad SMARTS) is 1. The Hall–Kier alpha value is -1.56. The summed E-state index contributed by atoms with van der Waals surface area (Å²) in [7, 11) is 0. The standard InChI is InChI=1S/C13H14F3NO2/c14-13(15,16)10-3-1-2-8(6-10)11(12(18)19)9-4-5-17-7-9/h1-3,6,9,11,17H,4-5,7H2,(H,18,19). The first-order valence-electron chi connectivity index (χ1n) is 6.00. The van der Waals surface area contributed by atoms with E-state index in [1.807, 2.05) is 0 Å². The highest BCUT2D eigenvalue weighted by atomic mass is 19.4. The van der Waals surface area contributed by atoms with Gasteiger partial charge in [-0.2, -0.15) is 13.2 Å². The summed E-state index contributed by atoms with van der Waals surface area (Å²) in [5.74, 6) is -2.13. The highest BCUT2D eigenvalue weighted by molar-refractivity contribution is 5.76. The molecule has 1 aromatic carbocycles. The van der Waals surface area contributed by atoms with Crippen molar-refractivity contribution in [3.8, 4) is 0 Å². The van der Waals surface area contributed by atoms with Crippen molar-refractivity contribution in [1.82, 2.24) is 5.32 Å². The lowest BCUT2D eigenvalue weighted by atomic mass is 9.85. The molecule has 2 atom stereocenters. The van der Waals surface area contributed by atoms with Gasteiger partial charge in [-0.3, -0.25) is 4.79 Å². The minimum atomic E-state index is -4.45. The van der Waals surface area contributed by atoms with E-state index in [0.717, 1.165) is 12.1 Å². The Morgan fingerprint density at radius 3 is 2.68 bits per heavy atom. The summed E-state index contributed by atoms with van der Waals surface area (Å²) < 4.78 is 37.9. The molecular formula is C13H14F3NO2. The van der Waals surface area contributed by atoms with Gasteiger partial charge in [0.25, 0.3) is 0 Å². The zero-order chi connectivity index (χ0) is 14.0. The second-order valence-corrected chi connectivity index (χ2v) is 4.69. The topological polar surface area (TPSA) is 49.3 Å². The number of carboxylic acids is 1. The number of hydrogen-bond acceptors (Lipinski definition) is 2. The van der Waals surface area contributed by atoms with Gasteiger partial charge in [0, 0.05) is 0 Å². The molecule has 104 valence electrons. The molecule has 2 unspecified atom stereocenters. The maximum absolute atomic E-state index is 12.6. The smallest absolute Gasteiger partial charge is 0.416 e. The molecule has 0 aliphatic carbocycles. The number of benzene rings is 1. The third-order valence-electron chi connectivity index (χ3n) is 3.41. The van der Waals surface area contributed by atoms with Crippen molar-refractivity contribution < 1.29 is 23.1 Å². The van der Waals surface area contributed by atoms with Crippen LogP contribution in [0.3, 0.4) is 0 Å². The van der Waals surface area contributed by atoms with Crippen molar-refractivity contribution in [2.45, 2.75) is 18.5 Å². The van der Waals surface area contributed by atoms with Gasteiger partial charge in [-0.05, 0) is 37.1 Å². The quantitative estimate of drug-likeness (QED) is 0.889. The number of halogens is 3. The van der Waals surface area contributed by atoms with Crippen LogP contribution in [0.2, 0.25) is 0 Å². The van der Waals surface area contributed by atoms with Gasteiger partial charge in [-0.25, -0.2) is 0 Å². The minimum absolute atomic E-state index is 0.166. The van der Waals surface area contributed by atoms with Crippen molar-refractivity contribution in [2.75, 3.05) is 13.1 Å². The van der Waals surface area contributed by atoms with Crippen LogP contribution in [0.15, 0.2) is 24.3 Å². The number of alkyl halides is 3. The third-order valence-corrected chi connectivity index (χ3v) is 3.41. The molecule has 19 heavy (non-hydrogen) atoms. The highest BCUT2D eigenvalue weighted by Crippen LogP contribution is 2.34. The molecule has 2 N–H and O–H groups in total. The molecule has 1 aromatic rings. The first-order chi connectivity index (χ1) is 8.89. The van der Waals surface area contributed by atoms with Gasteiger partial charge < -0.3 is 10.4 Å². The fourth-order valence-corrected chi connectivity index (χ4v) is 2.49. The minimum Gasteiger partial charge on any atom is -0.481 e. The van der Waals surface area contributed by atoms with E-state index >= 15 is 0 Å². The molecule has 6 heteroatoms. The SMILES string of the molecule is O=C(O)C(c1cccc(C(F)(F)F)c1)C1CCNC1. The Balaban J connectivity index is 2.34. The molecule has 0 spiro atoms. The zero-order valence-corrected chi connectivity index (χ0v) is 10.1. The lowest BCUT2D eigenvalue weighted by Gasteiger charge is -2.20. The van der Waals surface area contributed by atoms with E-state index in [-0.39, 0.29) is 11.5 Å². The molecule has 3 nitrogen and oxygen atoms in total. The van der Waals surface area contributed by atoms with Crippen LogP contribution in [-0.2, 0) is 11.0 Å². The summed E-state index contributed by atoms with van der Waals surface area (Å²) in [4.78, 5) is 11.3. The molecule has 1 heterocycles. The highest BCUT2D eigenvalue weighted by Gasteiger charge is 2.35. The second kappa shape index (κ2) is 5.21. The van der Waals surface area contributed by atoms with Crippen LogP contribution in [0.1, 0.15) is 23.5 Å². The van der Waals surface area contributed by atoms with E-state index in [4.69, 9.17) is 0 Å². The Morgan fingerprint density at radius 1 is 1.42 bits per heavy atom. The molecule has 0 saturated carbocycles. The largest absolute Gasteiger partial charge is 0.481 e. The van der Waals surface area contributed by atoms with E-state index in [9.17, 15) is 23.1 Å². The number of nitrogens with one attached hydrogen (secondary N) is 1. The first kappa shape index (κ1) is 13.9. The van der Waals surface area contributed by atoms with Crippen molar-refractivity contribution >= 4 is 5.97 Å². The Kier molecular flexibility index (Phi) is 3.80. The fraction of sp³-hybridized carbons (Fsp3) is 0.462. The Labute approximate surface area is 108 Å². The van der Waals surface area contributed by atoms with Crippen molar-refractivity contribution in [3.05, 3.63) is 35.4 Å². The average molecular weight is 273 g/mol. The summed E-state index contributed by atoms with van der Waals surface area (Å²) in [6, 6.07) is 4.61. The van der Waals surface area contributed by atoms with Gasteiger partial charge in [0.1, 0.15) is 0 Å². The molecule has 1 aliphatic heterocycles. The molecule has 0 aromatic heterocycles. The molecule has 2 rings (SSSR count). The van der Waals surface area contributed by atoms with E-state index < -0.39 is 23.6 Å². The summed E-state index contributed by atoms with van der Waals surface area (Å²) in [5.41, 5.74) is -0.585. The van der Waals surface area contributed by atoms with Gasteiger partial charge >= 0.3 is 12.1 Å². The Bertz CT molecular complexity index is 467. The number of aliphatic carboxylic acids is 1. The zero-order valence-electron chi connectivity index (χ0n) is 10.1. The van der Waals surface area contributed by atoms with Crippen LogP contribution in [-0.4, -0.2) is 24.2 Å². The summed E-state index contributed by atoms with van der Waals surface area (Å²) in [5, 5.41) is 12.3. The number of hydrogen-bond donors (Lipinski definition) is 2. The maximum atomic E-state index is 12.6. The lowest BCUT2D eigenvalue weighted by molar-refractivity contribution is -0.141. The van der Waals surface area contributed by atoms with Crippen molar-refractivity contribution in [3.63, 3.8) is 0 Å². The van der Waals surface area contributed by atoms with Crippen LogP contribution >= 0.6 is 0 Å². The van der Waals surface area contributed by atoms with Gasteiger partial charge in [0.2, 0.25) is 0 Å². The van der Waals surface area contributed by atoms with Crippen LogP contribution in [0, 0.1) is 5.92 Å². The second-order valence-electron chi connectivity index (χ2n) is 4.69. The molecule has 0 radical (unpaired) electrons. The summed E-state index contributed by atoms with van der Waals surface area (Å²) >= 11 is 0. The van der Waals surface area contributed by atoms with Crippen LogP contribution < -0.4 is 5.32 Å². The van der Waals surface area contributed by atoms with Crippen molar-refractivity contribution in [1.29, 1.82) is 0 Å². The summed E-state index contributed by atoms with van der Waals surface area (Å²) in [6.45, 7) is 1.22. The van der Waals surface area contributed by atoms with Gasteiger partial charge in [-0.1, -0.05) is 18.2 Å².